The van der Waals surface area contributed by atoms with Gasteiger partial charge in [0, 0.05) is 11.5 Å². The first kappa shape index (κ1) is 14.4. The number of aromatic nitrogens is 2. The van der Waals surface area contributed by atoms with E-state index >= 15 is 0 Å². The monoisotopic (exact) mass is 307 g/mol. The van der Waals surface area contributed by atoms with Gasteiger partial charge in [-0.15, -0.1) is 0 Å². The van der Waals surface area contributed by atoms with Crippen LogP contribution in [0.25, 0.3) is 0 Å². The zero-order valence-corrected chi connectivity index (χ0v) is 12.2. The molecule has 0 radical (unpaired) electrons. The van der Waals surface area contributed by atoms with E-state index in [0.717, 1.165) is 0 Å². The number of hydrogen-bond donors (Lipinski definition) is 0. The molecule has 1 aromatic rings. The maximum atomic E-state index is 8.77. The molecule has 1 rings (SSSR count). The molecule has 1 heterocycles. The van der Waals surface area contributed by atoms with Crippen LogP contribution in [-0.2, 0) is 5.41 Å². The van der Waals surface area contributed by atoms with Gasteiger partial charge in [-0.2, -0.15) is 10.5 Å². The molecular formula is C12H14BrN5. The molecule has 0 aliphatic carbocycles. The smallest absolute Gasteiger partial charge is 0.137 e. The summed E-state index contributed by atoms with van der Waals surface area (Å²) in [4.78, 5) is 10.4. The lowest BCUT2D eigenvalue weighted by atomic mass is 9.96. The minimum Gasteiger partial charge on any atom is -0.330 e. The Morgan fingerprint density at radius 3 is 2.22 bits per heavy atom. The SMILES string of the molecule is CC(C)(C)c1nc(Br)cc(N(CC#N)CC#N)n1. The molecule has 0 amide bonds. The molecule has 1 aromatic heterocycles. The molecule has 0 aliphatic heterocycles. The Balaban J connectivity index is 3.20. The number of anilines is 1. The molecule has 0 atom stereocenters. The van der Waals surface area contributed by atoms with Crippen molar-refractivity contribution in [3.63, 3.8) is 0 Å². The first-order valence-corrected chi connectivity index (χ1v) is 6.21. The Hall–Kier alpha value is -1.66. The van der Waals surface area contributed by atoms with E-state index in [-0.39, 0.29) is 18.5 Å². The maximum Gasteiger partial charge on any atom is 0.137 e. The van der Waals surface area contributed by atoms with Crippen LogP contribution >= 0.6 is 15.9 Å². The van der Waals surface area contributed by atoms with Crippen LogP contribution in [0.4, 0.5) is 5.82 Å². The third-order valence-corrected chi connectivity index (χ3v) is 2.61. The van der Waals surface area contributed by atoms with Crippen molar-refractivity contribution in [1.29, 1.82) is 10.5 Å². The molecule has 0 saturated carbocycles. The Morgan fingerprint density at radius 2 is 1.78 bits per heavy atom. The zero-order chi connectivity index (χ0) is 13.8. The Kier molecular flexibility index (Phi) is 4.63. The van der Waals surface area contributed by atoms with Crippen molar-refractivity contribution in [2.24, 2.45) is 0 Å². The summed E-state index contributed by atoms with van der Waals surface area (Å²) in [5, 5.41) is 17.5. The fourth-order valence-electron chi connectivity index (χ4n) is 1.29. The Morgan fingerprint density at radius 1 is 1.22 bits per heavy atom. The van der Waals surface area contributed by atoms with Crippen molar-refractivity contribution in [2.45, 2.75) is 26.2 Å². The van der Waals surface area contributed by atoms with Crippen molar-refractivity contribution < 1.29 is 0 Å². The lowest BCUT2D eigenvalue weighted by Crippen LogP contribution is -2.27. The molecule has 0 unspecified atom stereocenters. The van der Waals surface area contributed by atoms with Gasteiger partial charge >= 0.3 is 0 Å². The lowest BCUT2D eigenvalue weighted by molar-refractivity contribution is 0.543. The molecule has 0 bridgehead atoms. The van der Waals surface area contributed by atoms with Crippen molar-refractivity contribution in [1.82, 2.24) is 9.97 Å². The number of nitriles is 2. The van der Waals surface area contributed by atoms with Crippen LogP contribution in [0, 0.1) is 22.7 Å². The van der Waals surface area contributed by atoms with Crippen LogP contribution < -0.4 is 4.90 Å². The zero-order valence-electron chi connectivity index (χ0n) is 10.6. The number of halogens is 1. The van der Waals surface area contributed by atoms with E-state index in [1.165, 1.54) is 0 Å². The Labute approximate surface area is 115 Å². The predicted octanol–water partition coefficient (Wildman–Crippen LogP) is 2.39. The molecule has 0 saturated heterocycles. The summed E-state index contributed by atoms with van der Waals surface area (Å²) in [6.07, 6.45) is 0. The van der Waals surface area contributed by atoms with Gasteiger partial charge in [-0.25, -0.2) is 9.97 Å². The van der Waals surface area contributed by atoms with Crippen LogP contribution in [0.1, 0.15) is 26.6 Å². The quantitative estimate of drug-likeness (QED) is 0.633. The summed E-state index contributed by atoms with van der Waals surface area (Å²) in [6.45, 7) is 6.29. The number of rotatable bonds is 3. The normalized spacial score (nSPS) is 10.6. The molecule has 6 heteroatoms. The van der Waals surface area contributed by atoms with E-state index < -0.39 is 0 Å². The largest absolute Gasteiger partial charge is 0.330 e. The highest BCUT2D eigenvalue weighted by Gasteiger charge is 2.20. The summed E-state index contributed by atoms with van der Waals surface area (Å²) < 4.78 is 0.651. The van der Waals surface area contributed by atoms with Gasteiger partial charge < -0.3 is 4.90 Å². The Bertz CT molecular complexity index is 491. The topological polar surface area (TPSA) is 76.6 Å². The van der Waals surface area contributed by atoms with Gasteiger partial charge in [0.15, 0.2) is 0 Å². The third kappa shape index (κ3) is 3.68. The fraction of sp³-hybridized carbons (Fsp3) is 0.500. The van der Waals surface area contributed by atoms with Crippen molar-refractivity contribution >= 4 is 21.7 Å². The molecule has 18 heavy (non-hydrogen) atoms. The summed E-state index contributed by atoms with van der Waals surface area (Å²) in [6, 6.07) is 5.77. The number of nitrogens with zero attached hydrogens (tertiary/aromatic N) is 5. The van der Waals surface area contributed by atoms with E-state index in [1.807, 2.05) is 32.9 Å². The van der Waals surface area contributed by atoms with Gasteiger partial charge in [0.25, 0.3) is 0 Å². The predicted molar refractivity (Wildman–Crippen MR) is 71.9 cm³/mol. The second-order valence-electron chi connectivity index (χ2n) is 4.79. The minimum atomic E-state index is -0.191. The van der Waals surface area contributed by atoms with Crippen molar-refractivity contribution in [2.75, 3.05) is 18.0 Å². The summed E-state index contributed by atoms with van der Waals surface area (Å²) in [5.41, 5.74) is -0.191. The number of hydrogen-bond acceptors (Lipinski definition) is 5. The van der Waals surface area contributed by atoms with E-state index in [1.54, 1.807) is 11.0 Å². The van der Waals surface area contributed by atoms with Gasteiger partial charge in [-0.1, -0.05) is 20.8 Å². The van der Waals surface area contributed by atoms with E-state index in [9.17, 15) is 0 Å². The highest BCUT2D eigenvalue weighted by molar-refractivity contribution is 9.10. The molecule has 0 aromatic carbocycles. The second-order valence-corrected chi connectivity index (χ2v) is 5.61. The third-order valence-electron chi connectivity index (χ3n) is 2.20. The van der Waals surface area contributed by atoms with Gasteiger partial charge in [-0.05, 0) is 15.9 Å². The van der Waals surface area contributed by atoms with Crippen molar-refractivity contribution in [3.05, 3.63) is 16.5 Å². The van der Waals surface area contributed by atoms with E-state index in [0.29, 0.717) is 16.2 Å². The highest BCUT2D eigenvalue weighted by Crippen LogP contribution is 2.24. The van der Waals surface area contributed by atoms with Crippen LogP contribution in [0.5, 0.6) is 0 Å². The summed E-state index contributed by atoms with van der Waals surface area (Å²) >= 11 is 3.33. The first-order valence-electron chi connectivity index (χ1n) is 5.42. The van der Waals surface area contributed by atoms with E-state index in [4.69, 9.17) is 10.5 Å². The summed E-state index contributed by atoms with van der Waals surface area (Å²) in [7, 11) is 0. The molecule has 94 valence electrons. The van der Waals surface area contributed by atoms with Crippen molar-refractivity contribution in [3.8, 4) is 12.1 Å². The molecule has 0 N–H and O–H groups in total. The molecule has 0 aliphatic rings. The maximum absolute atomic E-state index is 8.77. The molecule has 5 nitrogen and oxygen atoms in total. The molecular weight excluding hydrogens is 294 g/mol. The van der Waals surface area contributed by atoms with Crippen LogP contribution in [0.3, 0.4) is 0 Å². The van der Waals surface area contributed by atoms with Crippen LogP contribution in [0.15, 0.2) is 10.7 Å². The molecule has 0 spiro atoms. The van der Waals surface area contributed by atoms with Gasteiger partial charge in [0.1, 0.15) is 29.3 Å². The van der Waals surface area contributed by atoms with E-state index in [2.05, 4.69) is 25.9 Å². The van der Waals surface area contributed by atoms with Crippen LogP contribution in [0.2, 0.25) is 0 Å². The lowest BCUT2D eigenvalue weighted by Gasteiger charge is -2.21. The van der Waals surface area contributed by atoms with Gasteiger partial charge in [-0.3, -0.25) is 0 Å². The standard InChI is InChI=1S/C12H14BrN5/c1-12(2,3)11-16-9(13)8-10(17-11)18(6-4-14)7-5-15/h8H,6-7H2,1-3H3. The fourth-order valence-corrected chi connectivity index (χ4v) is 1.66. The van der Waals surface area contributed by atoms with Crippen LogP contribution in [-0.4, -0.2) is 23.1 Å². The van der Waals surface area contributed by atoms with Gasteiger partial charge in [0.05, 0.1) is 12.1 Å². The average molecular weight is 308 g/mol. The highest BCUT2D eigenvalue weighted by atomic mass is 79.9. The summed E-state index contributed by atoms with van der Waals surface area (Å²) in [5.74, 6) is 1.26. The minimum absolute atomic E-state index is 0.126. The first-order chi connectivity index (χ1) is 8.38. The van der Waals surface area contributed by atoms with Gasteiger partial charge in [0.2, 0.25) is 0 Å². The molecule has 0 fully saturated rings. The average Bonchev–Trinajstić information content (AvgIpc) is 2.27. The second kappa shape index (κ2) is 5.79.